The van der Waals surface area contributed by atoms with Gasteiger partial charge in [-0.15, -0.1) is 0 Å². The topological polar surface area (TPSA) is 231 Å². The number of carbonyl (C=O) groups is 2. The predicted molar refractivity (Wildman–Crippen MR) is 289 cm³/mol. The standard InChI is InChI=1S/C59H106O15/c1-3-5-7-9-11-13-15-17-19-21-22-23-24-26-27-29-31-33-35-37-39-41-50(61)69-44-47(72-51(62)42-40-38-36-34-32-30-28-25-20-18-16-14-12-10-8-6-4-2)45-70-58-57(68)55(66)53(64)49(74-58)46-71-59-56(67)54(65)52(63)48(43-60)73-59/h6,8,12,14,18,20,47-49,52-60,63-68H,3-5,7,9-11,13,15-17,19,21-46H2,1-2H3/b8-6-,14-12-,20-18-. The van der Waals surface area contributed by atoms with E-state index >= 15 is 0 Å². The van der Waals surface area contributed by atoms with Crippen molar-refractivity contribution in [2.24, 2.45) is 0 Å². The first-order valence-electron chi connectivity index (χ1n) is 29.6. The average molecular weight is 1060 g/mol. The van der Waals surface area contributed by atoms with Crippen molar-refractivity contribution < 1.29 is 73.8 Å². The van der Waals surface area contributed by atoms with Gasteiger partial charge in [0.25, 0.3) is 0 Å². The minimum Gasteiger partial charge on any atom is -0.462 e. The SMILES string of the molecule is CC/C=C\C/C=C\C/C=C\CCCCCCCCCC(=O)OC(COC(=O)CCCCCCCCCCCCCCCCCCCCCCC)COC1OC(COC2OC(CO)C(O)C(O)C2O)C(O)C(O)C1O. The van der Waals surface area contributed by atoms with Crippen LogP contribution in [0.25, 0.3) is 0 Å². The third-order valence-electron chi connectivity index (χ3n) is 14.1. The lowest BCUT2D eigenvalue weighted by Gasteiger charge is -2.42. The molecule has 15 nitrogen and oxygen atoms in total. The molecule has 432 valence electrons. The van der Waals surface area contributed by atoms with Crippen molar-refractivity contribution in [1.82, 2.24) is 0 Å². The number of aliphatic hydroxyl groups excluding tert-OH is 7. The van der Waals surface area contributed by atoms with Crippen molar-refractivity contribution in [2.75, 3.05) is 26.4 Å². The van der Waals surface area contributed by atoms with Gasteiger partial charge in [0.05, 0.1) is 19.8 Å². The van der Waals surface area contributed by atoms with Crippen LogP contribution in [0, 0.1) is 0 Å². The van der Waals surface area contributed by atoms with Gasteiger partial charge in [-0.3, -0.25) is 9.59 Å². The second-order valence-electron chi connectivity index (χ2n) is 20.8. The Morgan fingerprint density at radius 3 is 1.34 bits per heavy atom. The number of allylic oxidation sites excluding steroid dienone is 6. The molecule has 0 radical (unpaired) electrons. The summed E-state index contributed by atoms with van der Waals surface area (Å²) in [5, 5.41) is 72.3. The van der Waals surface area contributed by atoms with Crippen LogP contribution in [0.5, 0.6) is 0 Å². The summed E-state index contributed by atoms with van der Waals surface area (Å²) in [4.78, 5) is 25.9. The summed E-state index contributed by atoms with van der Waals surface area (Å²) < 4.78 is 33.7. The molecule has 0 saturated carbocycles. The van der Waals surface area contributed by atoms with E-state index in [0.29, 0.717) is 12.8 Å². The van der Waals surface area contributed by atoms with Crippen LogP contribution in [-0.4, -0.2) is 142 Å². The Bertz CT molecular complexity index is 1430. The second-order valence-corrected chi connectivity index (χ2v) is 20.8. The maximum Gasteiger partial charge on any atom is 0.306 e. The lowest BCUT2D eigenvalue weighted by molar-refractivity contribution is -0.332. The van der Waals surface area contributed by atoms with Gasteiger partial charge in [-0.1, -0.05) is 211 Å². The first-order chi connectivity index (χ1) is 36.0. The van der Waals surface area contributed by atoms with Crippen LogP contribution >= 0.6 is 0 Å². The maximum absolute atomic E-state index is 13.1. The van der Waals surface area contributed by atoms with E-state index in [9.17, 15) is 45.3 Å². The van der Waals surface area contributed by atoms with Gasteiger partial charge >= 0.3 is 11.9 Å². The molecule has 0 aliphatic carbocycles. The van der Waals surface area contributed by atoms with E-state index in [-0.39, 0.29) is 26.1 Å². The number of esters is 2. The van der Waals surface area contributed by atoms with E-state index in [1.54, 1.807) is 0 Å². The van der Waals surface area contributed by atoms with Crippen LogP contribution in [0.1, 0.15) is 232 Å². The zero-order valence-electron chi connectivity index (χ0n) is 46.1. The number of unbranched alkanes of at least 4 members (excludes halogenated alkanes) is 27. The normalized spacial score (nSPS) is 24.9. The molecular weight excluding hydrogens is 949 g/mol. The molecule has 2 aliphatic rings. The third-order valence-corrected chi connectivity index (χ3v) is 14.1. The molecule has 7 N–H and O–H groups in total. The molecule has 11 unspecified atom stereocenters. The van der Waals surface area contributed by atoms with Gasteiger partial charge in [0.2, 0.25) is 0 Å². The molecule has 2 heterocycles. The van der Waals surface area contributed by atoms with Crippen molar-refractivity contribution in [3.05, 3.63) is 36.5 Å². The van der Waals surface area contributed by atoms with Crippen LogP contribution in [0.3, 0.4) is 0 Å². The summed E-state index contributed by atoms with van der Waals surface area (Å²) in [6.45, 7) is 2.51. The van der Waals surface area contributed by atoms with E-state index in [1.807, 2.05) is 0 Å². The molecule has 0 aromatic carbocycles. The highest BCUT2D eigenvalue weighted by atomic mass is 16.7. The smallest absolute Gasteiger partial charge is 0.306 e. The molecule has 11 atom stereocenters. The predicted octanol–water partition coefficient (Wildman–Crippen LogP) is 10.1. The lowest BCUT2D eigenvalue weighted by Crippen LogP contribution is -2.61. The Labute approximate surface area is 446 Å². The van der Waals surface area contributed by atoms with E-state index in [1.165, 1.54) is 109 Å². The van der Waals surface area contributed by atoms with Crippen LogP contribution < -0.4 is 0 Å². The summed E-state index contributed by atoms with van der Waals surface area (Å²) in [6, 6.07) is 0. The monoisotopic (exact) mass is 1050 g/mol. The molecule has 0 spiro atoms. The summed E-state index contributed by atoms with van der Waals surface area (Å²) in [6.07, 6.45) is 34.5. The fraction of sp³-hybridized carbons (Fsp3) is 0.864. The summed E-state index contributed by atoms with van der Waals surface area (Å²) in [7, 11) is 0. The molecule has 0 aromatic heterocycles. The van der Waals surface area contributed by atoms with Crippen molar-refractivity contribution >= 4 is 11.9 Å². The zero-order valence-corrected chi connectivity index (χ0v) is 46.1. The summed E-state index contributed by atoms with van der Waals surface area (Å²) >= 11 is 0. The van der Waals surface area contributed by atoms with Crippen LogP contribution in [0.2, 0.25) is 0 Å². The van der Waals surface area contributed by atoms with Gasteiger partial charge in [0, 0.05) is 12.8 Å². The van der Waals surface area contributed by atoms with Gasteiger partial charge < -0.3 is 64.2 Å². The quantitative estimate of drug-likeness (QED) is 0.0171. The summed E-state index contributed by atoms with van der Waals surface area (Å²) in [5.74, 6) is -0.926. The number of aliphatic hydroxyl groups is 7. The average Bonchev–Trinajstić information content (AvgIpc) is 3.39. The van der Waals surface area contributed by atoms with Crippen LogP contribution in [0.15, 0.2) is 36.5 Å². The third kappa shape index (κ3) is 32.5. The molecule has 15 heteroatoms. The Kier molecular flexibility index (Phi) is 41.9. The van der Waals surface area contributed by atoms with Crippen molar-refractivity contribution in [1.29, 1.82) is 0 Å². The first-order valence-corrected chi connectivity index (χ1v) is 29.6. The Balaban J connectivity index is 1.74. The number of ether oxygens (including phenoxy) is 6. The van der Waals surface area contributed by atoms with E-state index in [4.69, 9.17) is 28.4 Å². The van der Waals surface area contributed by atoms with E-state index < -0.39 is 92.7 Å². The molecule has 0 bridgehead atoms. The number of carbonyl (C=O) groups excluding carboxylic acids is 2. The number of hydrogen-bond acceptors (Lipinski definition) is 15. The molecule has 2 rings (SSSR count). The van der Waals surface area contributed by atoms with Gasteiger partial charge in [0.1, 0.15) is 55.4 Å². The van der Waals surface area contributed by atoms with Gasteiger partial charge in [-0.25, -0.2) is 0 Å². The molecule has 74 heavy (non-hydrogen) atoms. The van der Waals surface area contributed by atoms with Gasteiger partial charge in [-0.2, -0.15) is 0 Å². The highest BCUT2D eigenvalue weighted by Crippen LogP contribution is 2.27. The Morgan fingerprint density at radius 2 is 0.851 bits per heavy atom. The van der Waals surface area contributed by atoms with E-state index in [2.05, 4.69) is 50.3 Å². The molecule has 2 aliphatic heterocycles. The minimum absolute atomic E-state index is 0.156. The maximum atomic E-state index is 13.1. The van der Waals surface area contributed by atoms with Gasteiger partial charge in [-0.05, 0) is 44.9 Å². The number of hydrogen-bond donors (Lipinski definition) is 7. The largest absolute Gasteiger partial charge is 0.462 e. The fourth-order valence-electron chi connectivity index (χ4n) is 9.35. The zero-order chi connectivity index (χ0) is 53.9. The van der Waals surface area contributed by atoms with Crippen LogP contribution in [-0.2, 0) is 38.0 Å². The molecule has 0 amide bonds. The molecular formula is C59H106O15. The fourth-order valence-corrected chi connectivity index (χ4v) is 9.35. The lowest BCUT2D eigenvalue weighted by atomic mass is 9.98. The minimum atomic E-state index is -1.77. The number of rotatable bonds is 47. The molecule has 2 fully saturated rings. The molecule has 2 saturated heterocycles. The van der Waals surface area contributed by atoms with Crippen molar-refractivity contribution in [2.45, 2.75) is 300 Å². The van der Waals surface area contributed by atoms with Crippen molar-refractivity contribution in [3.63, 3.8) is 0 Å². The summed E-state index contributed by atoms with van der Waals surface area (Å²) in [5.41, 5.74) is 0. The first kappa shape index (κ1) is 67.8. The van der Waals surface area contributed by atoms with E-state index in [0.717, 1.165) is 83.5 Å². The van der Waals surface area contributed by atoms with Gasteiger partial charge in [0.15, 0.2) is 18.7 Å². The highest BCUT2D eigenvalue weighted by Gasteiger charge is 2.47. The second kappa shape index (κ2) is 45.7. The molecule has 0 aromatic rings. The Morgan fingerprint density at radius 1 is 0.446 bits per heavy atom. The van der Waals surface area contributed by atoms with Crippen LogP contribution in [0.4, 0.5) is 0 Å². The Hall–Kier alpha value is -2.28. The highest BCUT2D eigenvalue weighted by molar-refractivity contribution is 5.70. The van der Waals surface area contributed by atoms with Crippen molar-refractivity contribution in [3.8, 4) is 0 Å².